The number of aryl methyl sites for hydroxylation is 1. The zero-order chi connectivity index (χ0) is 14.4. The molecule has 1 rings (SSSR count). The zero-order valence-corrected chi connectivity index (χ0v) is 10.3. The average molecular weight is 271 g/mol. The van der Waals surface area contributed by atoms with Gasteiger partial charge in [0.25, 0.3) is 6.43 Å². The maximum absolute atomic E-state index is 12.0. The van der Waals surface area contributed by atoms with Gasteiger partial charge in [0.2, 0.25) is 5.96 Å². The van der Waals surface area contributed by atoms with Crippen molar-refractivity contribution in [3.05, 3.63) is 23.8 Å². The molecule has 1 aromatic carbocycles. The summed E-state index contributed by atoms with van der Waals surface area (Å²) < 4.78 is 28.9. The number of ether oxygens (including phenoxy) is 1. The minimum atomic E-state index is -2.52. The molecule has 0 aliphatic rings. The molecule has 6 nitrogen and oxygen atoms in total. The van der Waals surface area contributed by atoms with Crippen LogP contribution in [-0.2, 0) is 0 Å². The summed E-state index contributed by atoms with van der Waals surface area (Å²) in [4.78, 5) is 7.54. The maximum atomic E-state index is 12.0. The van der Waals surface area contributed by atoms with Gasteiger partial charge in [-0.15, -0.1) is 0 Å². The molecular formula is C11H15F2N5O. The van der Waals surface area contributed by atoms with Gasteiger partial charge in [0.15, 0.2) is 5.96 Å². The minimum absolute atomic E-state index is 0.0932. The highest BCUT2D eigenvalue weighted by Gasteiger charge is 2.05. The first-order valence-electron chi connectivity index (χ1n) is 5.34. The van der Waals surface area contributed by atoms with E-state index in [2.05, 4.69) is 9.98 Å². The number of hydrogen-bond acceptors (Lipinski definition) is 2. The summed E-state index contributed by atoms with van der Waals surface area (Å²) in [6, 6.07) is 4.66. The summed E-state index contributed by atoms with van der Waals surface area (Å²) in [6.45, 7) is 1.08. The van der Waals surface area contributed by atoms with Crippen molar-refractivity contribution in [2.24, 2.45) is 27.2 Å². The molecule has 0 saturated carbocycles. The molecule has 0 aliphatic carbocycles. The fourth-order valence-electron chi connectivity index (χ4n) is 1.28. The Hall–Kier alpha value is -2.38. The van der Waals surface area contributed by atoms with Crippen molar-refractivity contribution in [1.29, 1.82) is 0 Å². The second-order valence-corrected chi connectivity index (χ2v) is 3.66. The number of alkyl halides is 2. The molecule has 0 spiro atoms. The van der Waals surface area contributed by atoms with Gasteiger partial charge in [0.05, 0.1) is 5.69 Å². The van der Waals surface area contributed by atoms with Crippen LogP contribution >= 0.6 is 0 Å². The van der Waals surface area contributed by atoms with E-state index in [9.17, 15) is 8.78 Å². The first kappa shape index (κ1) is 14.7. The number of rotatable bonds is 4. The quantitative estimate of drug-likeness (QED) is 0.556. The van der Waals surface area contributed by atoms with E-state index in [0.29, 0.717) is 17.0 Å². The fourth-order valence-corrected chi connectivity index (χ4v) is 1.28. The van der Waals surface area contributed by atoms with Crippen molar-refractivity contribution in [3.8, 4) is 5.75 Å². The van der Waals surface area contributed by atoms with Gasteiger partial charge in [-0.25, -0.2) is 13.8 Å². The molecule has 0 aliphatic heterocycles. The van der Waals surface area contributed by atoms with Crippen LogP contribution in [0.3, 0.4) is 0 Å². The van der Waals surface area contributed by atoms with Crippen molar-refractivity contribution in [2.75, 3.05) is 6.61 Å². The number of halogens is 2. The molecule has 0 aromatic heterocycles. The number of nitrogens with zero attached hydrogens (tertiary/aromatic N) is 2. The highest BCUT2D eigenvalue weighted by atomic mass is 19.3. The lowest BCUT2D eigenvalue weighted by Crippen LogP contribution is -2.26. The SMILES string of the molecule is Cc1cc(OCC(F)F)ccc1N=C(N)N=C(N)N. The fraction of sp³-hybridized carbons (Fsp3) is 0.273. The standard InChI is InChI=1S/C11H15F2N5O/c1-6-4-7(19-5-9(12)13)2-3-8(6)17-11(16)18-10(14)15/h2-4,9H,5H2,1H3,(H6,14,15,16,17,18). The van der Waals surface area contributed by atoms with Crippen molar-refractivity contribution in [1.82, 2.24) is 0 Å². The van der Waals surface area contributed by atoms with Gasteiger partial charge in [0.1, 0.15) is 12.4 Å². The monoisotopic (exact) mass is 271 g/mol. The molecule has 0 fully saturated rings. The molecule has 104 valence electrons. The number of benzene rings is 1. The summed E-state index contributed by atoms with van der Waals surface area (Å²) in [7, 11) is 0. The van der Waals surface area contributed by atoms with E-state index in [1.165, 1.54) is 6.07 Å². The molecule has 0 unspecified atom stereocenters. The van der Waals surface area contributed by atoms with Gasteiger partial charge < -0.3 is 21.9 Å². The van der Waals surface area contributed by atoms with E-state index in [0.717, 1.165) is 0 Å². The van der Waals surface area contributed by atoms with Crippen molar-refractivity contribution in [2.45, 2.75) is 13.3 Å². The molecule has 0 saturated heterocycles. The smallest absolute Gasteiger partial charge is 0.272 e. The van der Waals surface area contributed by atoms with Crippen LogP contribution in [0.25, 0.3) is 0 Å². The molecular weight excluding hydrogens is 256 g/mol. The zero-order valence-electron chi connectivity index (χ0n) is 10.3. The van der Waals surface area contributed by atoms with E-state index in [1.807, 2.05) is 0 Å². The Morgan fingerprint density at radius 1 is 1.32 bits per heavy atom. The molecule has 0 amide bonds. The Morgan fingerprint density at radius 2 is 2.00 bits per heavy atom. The number of nitrogens with two attached hydrogens (primary N) is 3. The third-order valence-electron chi connectivity index (χ3n) is 2.02. The largest absolute Gasteiger partial charge is 0.488 e. The van der Waals surface area contributed by atoms with Gasteiger partial charge in [0, 0.05) is 0 Å². The molecule has 0 bridgehead atoms. The molecule has 0 radical (unpaired) electrons. The summed E-state index contributed by atoms with van der Waals surface area (Å²) in [5.41, 5.74) is 17.0. The summed E-state index contributed by atoms with van der Waals surface area (Å²) in [5.74, 6) is 0.0392. The Labute approximate surface area is 109 Å². The summed E-state index contributed by atoms with van der Waals surface area (Å²) >= 11 is 0. The van der Waals surface area contributed by atoms with Gasteiger partial charge >= 0.3 is 0 Å². The van der Waals surface area contributed by atoms with E-state index in [1.54, 1.807) is 19.1 Å². The van der Waals surface area contributed by atoms with Crippen LogP contribution in [0.15, 0.2) is 28.2 Å². The predicted molar refractivity (Wildman–Crippen MR) is 69.8 cm³/mol. The van der Waals surface area contributed by atoms with Crippen LogP contribution in [-0.4, -0.2) is 25.0 Å². The lowest BCUT2D eigenvalue weighted by molar-refractivity contribution is 0.0819. The number of hydrogen-bond donors (Lipinski definition) is 3. The molecule has 19 heavy (non-hydrogen) atoms. The highest BCUT2D eigenvalue weighted by molar-refractivity contribution is 5.93. The van der Waals surface area contributed by atoms with Crippen LogP contribution in [0.1, 0.15) is 5.56 Å². The van der Waals surface area contributed by atoms with Gasteiger partial charge in [-0.1, -0.05) is 0 Å². The Bertz CT molecular complexity index is 498. The minimum Gasteiger partial charge on any atom is -0.488 e. The summed E-state index contributed by atoms with van der Waals surface area (Å²) in [5, 5.41) is 0. The predicted octanol–water partition coefficient (Wildman–Crippen LogP) is 0.859. The van der Waals surface area contributed by atoms with Crippen molar-refractivity contribution >= 4 is 17.6 Å². The Morgan fingerprint density at radius 3 is 2.53 bits per heavy atom. The maximum Gasteiger partial charge on any atom is 0.272 e. The molecule has 6 N–H and O–H groups in total. The average Bonchev–Trinajstić information content (AvgIpc) is 2.28. The second kappa shape index (κ2) is 6.53. The third-order valence-corrected chi connectivity index (χ3v) is 2.02. The summed E-state index contributed by atoms with van der Waals surface area (Å²) in [6.07, 6.45) is -2.52. The van der Waals surface area contributed by atoms with Gasteiger partial charge in [-0.3, -0.25) is 0 Å². The van der Waals surface area contributed by atoms with E-state index in [-0.39, 0.29) is 11.9 Å². The molecule has 0 heterocycles. The second-order valence-electron chi connectivity index (χ2n) is 3.66. The first-order chi connectivity index (χ1) is 8.88. The van der Waals surface area contributed by atoms with E-state index >= 15 is 0 Å². The van der Waals surface area contributed by atoms with Crippen LogP contribution in [0.2, 0.25) is 0 Å². The van der Waals surface area contributed by atoms with Crippen LogP contribution in [0, 0.1) is 6.92 Å². The lowest BCUT2D eigenvalue weighted by atomic mass is 10.2. The number of guanidine groups is 2. The molecule has 1 aromatic rings. The van der Waals surface area contributed by atoms with E-state index < -0.39 is 13.0 Å². The Kier molecular flexibility index (Phi) is 5.04. The first-order valence-corrected chi connectivity index (χ1v) is 5.34. The van der Waals surface area contributed by atoms with Crippen molar-refractivity contribution in [3.63, 3.8) is 0 Å². The van der Waals surface area contributed by atoms with E-state index in [4.69, 9.17) is 21.9 Å². The molecule has 0 atom stereocenters. The van der Waals surface area contributed by atoms with Crippen molar-refractivity contribution < 1.29 is 13.5 Å². The van der Waals surface area contributed by atoms with Crippen LogP contribution in [0.4, 0.5) is 14.5 Å². The third kappa shape index (κ3) is 5.19. The topological polar surface area (TPSA) is 112 Å². The van der Waals surface area contributed by atoms with Crippen LogP contribution in [0.5, 0.6) is 5.75 Å². The normalized spacial score (nSPS) is 11.5. The van der Waals surface area contributed by atoms with Gasteiger partial charge in [-0.05, 0) is 30.7 Å². The van der Waals surface area contributed by atoms with Gasteiger partial charge in [-0.2, -0.15) is 4.99 Å². The lowest BCUT2D eigenvalue weighted by Gasteiger charge is -2.07. The van der Waals surface area contributed by atoms with Crippen LogP contribution < -0.4 is 21.9 Å². The molecule has 8 heteroatoms. The number of aliphatic imine (C=N–C) groups is 2. The Balaban J connectivity index is 2.86. The highest BCUT2D eigenvalue weighted by Crippen LogP contribution is 2.24.